The summed E-state index contributed by atoms with van der Waals surface area (Å²) in [5.74, 6) is -0.0167. The van der Waals surface area contributed by atoms with Crippen molar-refractivity contribution in [3.05, 3.63) is 42.7 Å². The number of nitrogens with one attached hydrogen (secondary N) is 1. The van der Waals surface area contributed by atoms with Crippen LogP contribution in [0.5, 0.6) is 0 Å². The molecule has 0 spiro atoms. The van der Waals surface area contributed by atoms with Crippen molar-refractivity contribution in [1.29, 1.82) is 0 Å². The van der Waals surface area contributed by atoms with E-state index in [1.165, 1.54) is 0 Å². The van der Waals surface area contributed by atoms with Gasteiger partial charge in [0.2, 0.25) is 5.91 Å². The van der Waals surface area contributed by atoms with Gasteiger partial charge >= 0.3 is 0 Å². The lowest BCUT2D eigenvalue weighted by molar-refractivity contribution is -0.117. The van der Waals surface area contributed by atoms with Crippen LogP contribution < -0.4 is 11.1 Å². The molecule has 1 fully saturated rings. The van der Waals surface area contributed by atoms with Gasteiger partial charge in [-0.15, -0.1) is 0 Å². The second kappa shape index (κ2) is 5.69. The summed E-state index contributed by atoms with van der Waals surface area (Å²) in [5, 5.41) is 7.12. The minimum atomic E-state index is -0.316. The van der Waals surface area contributed by atoms with Crippen LogP contribution in [0.15, 0.2) is 42.7 Å². The Morgan fingerprint density at radius 1 is 1.33 bits per heavy atom. The van der Waals surface area contributed by atoms with Gasteiger partial charge in [0.25, 0.3) is 0 Å². The number of hydrogen-bond donors (Lipinski definition) is 2. The number of benzene rings is 1. The van der Waals surface area contributed by atoms with Gasteiger partial charge in [-0.25, -0.2) is 4.68 Å². The summed E-state index contributed by atoms with van der Waals surface area (Å²) in [5.41, 5.74) is 7.62. The molecule has 3 rings (SSSR count). The third kappa shape index (κ3) is 3.31. The Balaban J connectivity index is 1.67. The second-order valence-corrected chi connectivity index (χ2v) is 5.80. The quantitative estimate of drug-likeness (QED) is 0.906. The molecule has 1 aliphatic rings. The molecule has 0 saturated heterocycles. The summed E-state index contributed by atoms with van der Waals surface area (Å²) in [6, 6.07) is 9.50. The fourth-order valence-electron chi connectivity index (χ4n) is 2.93. The highest BCUT2D eigenvalue weighted by atomic mass is 16.1. The number of anilines is 1. The maximum absolute atomic E-state index is 12.2. The van der Waals surface area contributed by atoms with E-state index < -0.39 is 0 Å². The largest absolute Gasteiger partial charge is 0.326 e. The molecular weight excluding hydrogens is 264 g/mol. The van der Waals surface area contributed by atoms with Crippen molar-refractivity contribution in [3.8, 4) is 5.69 Å². The highest BCUT2D eigenvalue weighted by Crippen LogP contribution is 2.30. The molecule has 0 unspecified atom stereocenters. The van der Waals surface area contributed by atoms with Crippen molar-refractivity contribution in [2.45, 2.75) is 37.6 Å². The Morgan fingerprint density at radius 2 is 2.14 bits per heavy atom. The van der Waals surface area contributed by atoms with Gasteiger partial charge < -0.3 is 11.1 Å². The lowest BCUT2D eigenvalue weighted by atomic mass is 9.94. The molecule has 1 heterocycles. The molecule has 1 aliphatic carbocycles. The van der Waals surface area contributed by atoms with E-state index in [4.69, 9.17) is 5.73 Å². The SMILES string of the molecule is NC1(CC(=O)Nc2cccc(-n3cccn3)c2)CCCC1. The monoisotopic (exact) mass is 284 g/mol. The molecule has 5 heteroatoms. The molecule has 1 aromatic heterocycles. The number of amides is 1. The first kappa shape index (κ1) is 13.8. The van der Waals surface area contributed by atoms with Crippen LogP contribution in [-0.2, 0) is 4.79 Å². The van der Waals surface area contributed by atoms with Crippen LogP contribution in [0.1, 0.15) is 32.1 Å². The Labute approximate surface area is 124 Å². The van der Waals surface area contributed by atoms with Crippen LogP contribution in [0.25, 0.3) is 5.69 Å². The standard InChI is InChI=1S/C16H20N4O/c17-16(7-1-2-8-16)12-15(21)19-13-5-3-6-14(11-13)20-10-4-9-18-20/h3-6,9-11H,1-2,7-8,12,17H2,(H,19,21). The molecule has 1 saturated carbocycles. The van der Waals surface area contributed by atoms with Gasteiger partial charge in [-0.3, -0.25) is 4.79 Å². The number of carbonyl (C=O) groups is 1. The van der Waals surface area contributed by atoms with Crippen LogP contribution in [0, 0.1) is 0 Å². The van der Waals surface area contributed by atoms with Gasteiger partial charge in [0.15, 0.2) is 0 Å². The maximum Gasteiger partial charge on any atom is 0.226 e. The van der Waals surface area contributed by atoms with E-state index in [2.05, 4.69) is 10.4 Å². The average Bonchev–Trinajstić information content (AvgIpc) is 3.10. The Hall–Kier alpha value is -2.14. The van der Waals surface area contributed by atoms with Gasteiger partial charge in [-0.05, 0) is 37.1 Å². The van der Waals surface area contributed by atoms with Crippen LogP contribution in [0.4, 0.5) is 5.69 Å². The zero-order valence-corrected chi connectivity index (χ0v) is 12.0. The number of carbonyl (C=O) groups excluding carboxylic acids is 1. The van der Waals surface area contributed by atoms with E-state index in [-0.39, 0.29) is 11.4 Å². The summed E-state index contributed by atoms with van der Waals surface area (Å²) in [7, 11) is 0. The normalized spacial score (nSPS) is 16.8. The lowest BCUT2D eigenvalue weighted by Gasteiger charge is -2.22. The van der Waals surface area contributed by atoms with Gasteiger partial charge in [0.1, 0.15) is 0 Å². The summed E-state index contributed by atoms with van der Waals surface area (Å²) in [6.45, 7) is 0. The number of nitrogens with zero attached hydrogens (tertiary/aromatic N) is 2. The Kier molecular flexibility index (Phi) is 3.75. The summed E-state index contributed by atoms with van der Waals surface area (Å²) < 4.78 is 1.76. The molecule has 110 valence electrons. The van der Waals surface area contributed by atoms with Crippen LogP contribution in [-0.4, -0.2) is 21.2 Å². The fraction of sp³-hybridized carbons (Fsp3) is 0.375. The van der Waals surface area contributed by atoms with Crippen LogP contribution in [0.2, 0.25) is 0 Å². The van der Waals surface area contributed by atoms with Crippen molar-refractivity contribution < 1.29 is 4.79 Å². The summed E-state index contributed by atoms with van der Waals surface area (Å²) in [6.07, 6.45) is 8.11. The van der Waals surface area contributed by atoms with Crippen LogP contribution in [0.3, 0.4) is 0 Å². The van der Waals surface area contributed by atoms with Crippen molar-refractivity contribution in [1.82, 2.24) is 9.78 Å². The van der Waals surface area contributed by atoms with E-state index in [1.54, 1.807) is 10.9 Å². The first-order chi connectivity index (χ1) is 10.1. The van der Waals surface area contributed by atoms with Crippen molar-refractivity contribution >= 4 is 11.6 Å². The average molecular weight is 284 g/mol. The van der Waals surface area contributed by atoms with E-state index in [9.17, 15) is 4.79 Å². The number of rotatable bonds is 4. The zero-order valence-electron chi connectivity index (χ0n) is 12.0. The second-order valence-electron chi connectivity index (χ2n) is 5.80. The molecule has 1 aromatic carbocycles. The number of aromatic nitrogens is 2. The smallest absolute Gasteiger partial charge is 0.226 e. The van der Waals surface area contributed by atoms with Crippen molar-refractivity contribution in [2.24, 2.45) is 5.73 Å². The molecular formula is C16H20N4O. The zero-order chi connectivity index (χ0) is 14.7. The van der Waals surface area contributed by atoms with Crippen molar-refractivity contribution in [2.75, 3.05) is 5.32 Å². The Morgan fingerprint density at radius 3 is 2.86 bits per heavy atom. The first-order valence-electron chi connectivity index (χ1n) is 7.34. The third-order valence-corrected chi connectivity index (χ3v) is 4.01. The van der Waals surface area contributed by atoms with E-state index in [0.29, 0.717) is 6.42 Å². The molecule has 2 aromatic rings. The molecule has 3 N–H and O–H groups in total. The highest BCUT2D eigenvalue weighted by molar-refractivity contribution is 5.91. The van der Waals surface area contributed by atoms with Gasteiger partial charge in [0.05, 0.1) is 5.69 Å². The van der Waals surface area contributed by atoms with E-state index in [1.807, 2.05) is 36.5 Å². The molecule has 21 heavy (non-hydrogen) atoms. The van der Waals surface area contributed by atoms with Gasteiger partial charge in [0, 0.05) is 30.0 Å². The molecule has 0 atom stereocenters. The molecule has 5 nitrogen and oxygen atoms in total. The third-order valence-electron chi connectivity index (χ3n) is 4.01. The molecule has 0 radical (unpaired) electrons. The number of nitrogens with two attached hydrogens (primary N) is 1. The fourth-order valence-corrected chi connectivity index (χ4v) is 2.93. The first-order valence-corrected chi connectivity index (χ1v) is 7.34. The molecule has 1 amide bonds. The van der Waals surface area contributed by atoms with Crippen LogP contribution >= 0.6 is 0 Å². The maximum atomic E-state index is 12.2. The predicted molar refractivity (Wildman–Crippen MR) is 82.2 cm³/mol. The summed E-state index contributed by atoms with van der Waals surface area (Å²) >= 11 is 0. The van der Waals surface area contributed by atoms with Gasteiger partial charge in [-0.1, -0.05) is 18.9 Å². The Bertz CT molecular complexity index is 615. The molecule has 0 aliphatic heterocycles. The van der Waals surface area contributed by atoms with E-state index in [0.717, 1.165) is 37.1 Å². The number of hydrogen-bond acceptors (Lipinski definition) is 3. The topological polar surface area (TPSA) is 72.9 Å². The van der Waals surface area contributed by atoms with Crippen molar-refractivity contribution in [3.63, 3.8) is 0 Å². The van der Waals surface area contributed by atoms with Gasteiger partial charge in [-0.2, -0.15) is 5.10 Å². The minimum Gasteiger partial charge on any atom is -0.326 e. The van der Waals surface area contributed by atoms with E-state index >= 15 is 0 Å². The lowest BCUT2D eigenvalue weighted by Crippen LogP contribution is -2.40. The summed E-state index contributed by atoms with van der Waals surface area (Å²) in [4.78, 5) is 12.2. The highest BCUT2D eigenvalue weighted by Gasteiger charge is 2.31. The molecule has 0 bridgehead atoms. The minimum absolute atomic E-state index is 0.0167. The predicted octanol–water partition coefficient (Wildman–Crippen LogP) is 2.47.